The molecule has 1 N–H and O–H groups in total. The monoisotopic (exact) mass is 499 g/mol. The van der Waals surface area contributed by atoms with Crippen molar-refractivity contribution in [1.29, 1.82) is 0 Å². The van der Waals surface area contributed by atoms with Gasteiger partial charge in [-0.15, -0.1) is 0 Å². The van der Waals surface area contributed by atoms with Gasteiger partial charge in [0.15, 0.2) is 5.42 Å². The van der Waals surface area contributed by atoms with Crippen LogP contribution in [0.3, 0.4) is 0 Å². The van der Waals surface area contributed by atoms with Gasteiger partial charge in [0, 0.05) is 10.7 Å². The number of amides is 1. The van der Waals surface area contributed by atoms with E-state index in [0.717, 1.165) is 5.56 Å². The second-order valence-electron chi connectivity index (χ2n) is 8.23. The minimum Gasteiger partial charge on any atom is -0.497 e. The van der Waals surface area contributed by atoms with E-state index < -0.39 is 11.6 Å². The Morgan fingerprint density at radius 3 is 2.42 bits per heavy atom. The Hall–Kier alpha value is -4.36. The molecule has 8 heteroatoms. The van der Waals surface area contributed by atoms with E-state index in [1.165, 1.54) is 4.57 Å². The van der Waals surface area contributed by atoms with Crippen molar-refractivity contribution in [2.45, 2.75) is 13.0 Å². The number of methoxy groups -OCH3 is 1. The van der Waals surface area contributed by atoms with Crippen molar-refractivity contribution in [1.82, 2.24) is 4.57 Å². The lowest BCUT2D eigenvalue weighted by molar-refractivity contribution is -0.113. The summed E-state index contributed by atoms with van der Waals surface area (Å²) in [5.41, 5.74) is 2.71. The normalized spacial score (nSPS) is 15.3. The average Bonchev–Trinajstić information content (AvgIpc) is 3.19. The fourth-order valence-corrected chi connectivity index (χ4v) is 4.27. The molecule has 7 nitrogen and oxygen atoms in total. The van der Waals surface area contributed by atoms with Crippen molar-refractivity contribution in [3.63, 3.8) is 0 Å². The fourth-order valence-electron chi connectivity index (χ4n) is 4.14. The van der Waals surface area contributed by atoms with Gasteiger partial charge < -0.3 is 14.5 Å². The minimum absolute atomic E-state index is 0.107. The molecule has 5 rings (SSSR count). The predicted octanol–water partition coefficient (Wildman–Crippen LogP) is 4.07. The number of halogens is 1. The van der Waals surface area contributed by atoms with Gasteiger partial charge >= 0.3 is 5.68 Å². The summed E-state index contributed by atoms with van der Waals surface area (Å²) in [6.07, 6.45) is 1.64. The van der Waals surface area contributed by atoms with Gasteiger partial charge in [-0.1, -0.05) is 54.1 Å². The van der Waals surface area contributed by atoms with Crippen LogP contribution in [-0.4, -0.2) is 17.6 Å². The van der Waals surface area contributed by atoms with Crippen LogP contribution in [0.2, 0.25) is 5.02 Å². The van der Waals surface area contributed by atoms with E-state index in [2.05, 4.69) is 10.3 Å². The second kappa shape index (κ2) is 9.71. The third kappa shape index (κ3) is 4.48. The van der Waals surface area contributed by atoms with Crippen molar-refractivity contribution < 1.29 is 13.9 Å². The Morgan fingerprint density at radius 2 is 1.75 bits per heavy atom. The Labute approximate surface area is 211 Å². The maximum absolute atomic E-state index is 13.6. The summed E-state index contributed by atoms with van der Waals surface area (Å²) in [5, 5.41) is 3.46. The van der Waals surface area contributed by atoms with E-state index in [1.807, 2.05) is 30.3 Å². The lowest BCUT2D eigenvalue weighted by atomic mass is 9.95. The SMILES string of the molecule is COc1ccc(/C=c2\oc3n(c2=O)C(c2ccc(Cl)cc2)C(C(=O)Nc2ccccc2)=C(C)N=3)cc1. The highest BCUT2D eigenvalue weighted by Gasteiger charge is 2.33. The number of hydrogen-bond acceptors (Lipinski definition) is 5. The minimum atomic E-state index is -0.757. The number of aromatic nitrogens is 1. The van der Waals surface area contributed by atoms with Crippen molar-refractivity contribution in [2.24, 2.45) is 4.99 Å². The number of para-hydroxylation sites is 1. The number of allylic oxidation sites excluding steroid dienone is 1. The standard InChI is InChI=1S/C28H22ClN3O4/c1-17-24(26(33)31-21-6-4-3-5-7-21)25(19-10-12-20(29)13-11-19)32-27(34)23(36-28(32)30-17)16-18-8-14-22(35-2)15-9-18/h3-16,25H,1-2H3,(H,31,33)/b23-16-. The Kier molecular flexibility index (Phi) is 6.31. The van der Waals surface area contributed by atoms with Crippen molar-refractivity contribution in [2.75, 3.05) is 12.4 Å². The number of carbonyl (C=O) groups is 1. The van der Waals surface area contributed by atoms with Crippen molar-refractivity contribution in [3.8, 4) is 5.75 Å². The van der Waals surface area contributed by atoms with Gasteiger partial charge in [0.2, 0.25) is 0 Å². The predicted molar refractivity (Wildman–Crippen MR) is 138 cm³/mol. The number of carbonyl (C=O) groups excluding carboxylic acids is 1. The zero-order valence-electron chi connectivity index (χ0n) is 19.6. The van der Waals surface area contributed by atoms with Crippen LogP contribution < -0.4 is 26.7 Å². The molecular weight excluding hydrogens is 478 g/mol. The molecule has 1 aliphatic heterocycles. The highest BCUT2D eigenvalue weighted by Crippen LogP contribution is 2.31. The average molecular weight is 500 g/mol. The van der Waals surface area contributed by atoms with E-state index in [1.54, 1.807) is 68.6 Å². The van der Waals surface area contributed by atoms with Gasteiger partial charge in [-0.05, 0) is 60.5 Å². The van der Waals surface area contributed by atoms with Crippen LogP contribution in [0, 0.1) is 0 Å². The van der Waals surface area contributed by atoms with Crippen molar-refractivity contribution in [3.05, 3.63) is 128 Å². The molecule has 4 aromatic rings. The summed E-state index contributed by atoms with van der Waals surface area (Å²) in [6.45, 7) is 1.73. The van der Waals surface area contributed by atoms with Gasteiger partial charge in [0.05, 0.1) is 24.4 Å². The van der Waals surface area contributed by atoms with Gasteiger partial charge in [0.25, 0.3) is 11.5 Å². The summed E-state index contributed by atoms with van der Waals surface area (Å²) in [4.78, 5) is 31.6. The summed E-state index contributed by atoms with van der Waals surface area (Å²) >= 11 is 6.12. The summed E-state index contributed by atoms with van der Waals surface area (Å²) < 4.78 is 12.5. The number of ether oxygens (including phenoxy) is 1. The molecule has 1 aromatic heterocycles. The number of anilines is 1. The zero-order valence-corrected chi connectivity index (χ0v) is 20.3. The Bertz CT molecular complexity index is 1630. The van der Waals surface area contributed by atoms with E-state index in [0.29, 0.717) is 33.3 Å². The number of benzene rings is 3. The molecule has 2 heterocycles. The fraction of sp³-hybridized carbons (Fsp3) is 0.107. The number of nitrogens with one attached hydrogen (secondary N) is 1. The molecule has 1 aliphatic rings. The number of oxazole rings is 1. The highest BCUT2D eigenvalue weighted by atomic mass is 35.5. The van der Waals surface area contributed by atoms with Gasteiger partial charge in [-0.3, -0.25) is 9.59 Å². The van der Waals surface area contributed by atoms with Crippen LogP contribution in [0.1, 0.15) is 24.1 Å². The molecule has 1 amide bonds. The van der Waals surface area contributed by atoms with Gasteiger partial charge in [0.1, 0.15) is 5.75 Å². The van der Waals surface area contributed by atoms with E-state index in [-0.39, 0.29) is 17.0 Å². The van der Waals surface area contributed by atoms with Crippen LogP contribution in [0.4, 0.5) is 5.69 Å². The first-order chi connectivity index (χ1) is 17.4. The molecule has 1 atom stereocenters. The maximum Gasteiger partial charge on any atom is 0.306 e. The summed E-state index contributed by atoms with van der Waals surface area (Å²) in [7, 11) is 1.59. The van der Waals surface area contributed by atoms with Crippen LogP contribution in [-0.2, 0) is 4.79 Å². The molecule has 36 heavy (non-hydrogen) atoms. The quantitative estimate of drug-likeness (QED) is 0.448. The maximum atomic E-state index is 13.6. The van der Waals surface area contributed by atoms with Crippen LogP contribution in [0.15, 0.2) is 104 Å². The van der Waals surface area contributed by atoms with Crippen LogP contribution in [0.25, 0.3) is 6.08 Å². The molecule has 0 fully saturated rings. The summed E-state index contributed by atoms with van der Waals surface area (Å²) in [6, 6.07) is 22.6. The lowest BCUT2D eigenvalue weighted by Crippen LogP contribution is -2.40. The first kappa shape index (κ1) is 23.4. The lowest BCUT2D eigenvalue weighted by Gasteiger charge is -2.24. The molecule has 0 bridgehead atoms. The number of nitrogens with zero attached hydrogens (tertiary/aromatic N) is 2. The third-order valence-corrected chi connectivity index (χ3v) is 6.15. The number of fused-ring (bicyclic) bond motifs is 1. The molecule has 0 spiro atoms. The second-order valence-corrected chi connectivity index (χ2v) is 8.66. The molecule has 0 saturated carbocycles. The molecule has 0 aliphatic carbocycles. The molecule has 180 valence electrons. The molecule has 0 radical (unpaired) electrons. The van der Waals surface area contributed by atoms with Gasteiger partial charge in [-0.25, -0.2) is 9.56 Å². The Morgan fingerprint density at radius 1 is 1.06 bits per heavy atom. The van der Waals surface area contributed by atoms with E-state index in [4.69, 9.17) is 20.8 Å². The summed E-state index contributed by atoms with van der Waals surface area (Å²) in [5.74, 6) is 0.344. The third-order valence-electron chi connectivity index (χ3n) is 5.90. The largest absolute Gasteiger partial charge is 0.497 e. The smallest absolute Gasteiger partial charge is 0.306 e. The highest BCUT2D eigenvalue weighted by molar-refractivity contribution is 6.30. The Balaban J connectivity index is 1.65. The zero-order chi connectivity index (χ0) is 25.2. The van der Waals surface area contributed by atoms with E-state index >= 15 is 0 Å². The van der Waals surface area contributed by atoms with Crippen molar-refractivity contribution >= 4 is 29.3 Å². The first-order valence-electron chi connectivity index (χ1n) is 11.2. The van der Waals surface area contributed by atoms with Gasteiger partial charge in [-0.2, -0.15) is 0 Å². The molecular formula is C28H22ClN3O4. The molecule has 3 aromatic carbocycles. The first-order valence-corrected chi connectivity index (χ1v) is 11.6. The number of rotatable bonds is 5. The van der Waals surface area contributed by atoms with Crippen LogP contribution in [0.5, 0.6) is 5.75 Å². The number of hydrogen-bond donors (Lipinski definition) is 1. The topological polar surface area (TPSA) is 85.8 Å². The molecule has 1 unspecified atom stereocenters. The molecule has 0 saturated heterocycles. The van der Waals surface area contributed by atoms with E-state index in [9.17, 15) is 9.59 Å². The van der Waals surface area contributed by atoms with Crippen LogP contribution >= 0.6 is 11.6 Å².